The normalized spacial score (nSPS) is 11.3. The summed E-state index contributed by atoms with van der Waals surface area (Å²) in [4.78, 5) is 14.6. The van der Waals surface area contributed by atoms with Gasteiger partial charge >= 0.3 is 0 Å². The highest BCUT2D eigenvalue weighted by Gasteiger charge is 2.22. The van der Waals surface area contributed by atoms with Crippen molar-refractivity contribution in [2.24, 2.45) is 0 Å². The number of carbonyl (C=O) groups is 1. The van der Waals surface area contributed by atoms with E-state index in [4.69, 9.17) is 0 Å². The monoisotopic (exact) mass is 425 g/mol. The maximum Gasteiger partial charge on any atom is 0.240 e. The van der Waals surface area contributed by atoms with Gasteiger partial charge in [0.05, 0.1) is 11.9 Å². The lowest BCUT2D eigenvalue weighted by atomic mass is 10.1. The van der Waals surface area contributed by atoms with E-state index in [-0.39, 0.29) is 12.5 Å². The first kappa shape index (κ1) is 21.6. The molecule has 0 aromatic heterocycles. The third-order valence-corrected chi connectivity index (χ3v) is 6.04. The number of sulfonamides is 1. The van der Waals surface area contributed by atoms with Gasteiger partial charge in [-0.1, -0.05) is 54.6 Å². The molecule has 7 heteroatoms. The smallest absolute Gasteiger partial charge is 0.240 e. The van der Waals surface area contributed by atoms with Crippen molar-refractivity contribution in [2.75, 3.05) is 42.1 Å². The molecule has 0 unspecified atom stereocenters. The van der Waals surface area contributed by atoms with Crippen molar-refractivity contribution >= 4 is 38.1 Å². The van der Waals surface area contributed by atoms with Crippen LogP contribution in [-0.4, -0.2) is 47.3 Å². The lowest BCUT2D eigenvalue weighted by molar-refractivity contribution is -0.119. The molecule has 0 aliphatic rings. The summed E-state index contributed by atoms with van der Waals surface area (Å²) >= 11 is 0. The minimum atomic E-state index is -3.62. The van der Waals surface area contributed by atoms with Gasteiger partial charge in [0.25, 0.3) is 0 Å². The number of benzene rings is 3. The van der Waals surface area contributed by atoms with Crippen LogP contribution in [0.1, 0.15) is 6.42 Å². The number of para-hydroxylation sites is 1. The van der Waals surface area contributed by atoms with E-state index in [2.05, 4.69) is 10.2 Å². The van der Waals surface area contributed by atoms with Gasteiger partial charge in [0.2, 0.25) is 15.9 Å². The molecule has 0 radical (unpaired) electrons. The average molecular weight is 426 g/mol. The zero-order valence-corrected chi connectivity index (χ0v) is 18.1. The van der Waals surface area contributed by atoms with Crippen LogP contribution in [0.5, 0.6) is 0 Å². The molecule has 0 aliphatic heterocycles. The molecule has 0 saturated carbocycles. The van der Waals surface area contributed by atoms with Gasteiger partial charge in [-0.2, -0.15) is 0 Å². The summed E-state index contributed by atoms with van der Waals surface area (Å²) < 4.78 is 26.0. The Morgan fingerprint density at radius 2 is 1.60 bits per heavy atom. The number of hydrogen-bond acceptors (Lipinski definition) is 4. The van der Waals surface area contributed by atoms with Crippen LogP contribution < -0.4 is 14.5 Å². The minimum absolute atomic E-state index is 0.249. The fraction of sp³-hybridized carbons (Fsp3) is 0.261. The molecule has 0 bridgehead atoms. The quantitative estimate of drug-likeness (QED) is 0.535. The number of amides is 1. The van der Waals surface area contributed by atoms with E-state index in [0.29, 0.717) is 12.2 Å². The summed E-state index contributed by atoms with van der Waals surface area (Å²) in [6, 6.07) is 23.0. The van der Waals surface area contributed by atoms with Crippen molar-refractivity contribution in [3.63, 3.8) is 0 Å². The van der Waals surface area contributed by atoms with E-state index >= 15 is 0 Å². The number of carbonyl (C=O) groups excluding carboxylic acids is 1. The summed E-state index contributed by atoms with van der Waals surface area (Å²) in [7, 11) is -1.62. The Labute approximate surface area is 178 Å². The second-order valence-electron chi connectivity index (χ2n) is 7.23. The van der Waals surface area contributed by atoms with E-state index in [1.165, 1.54) is 4.31 Å². The highest BCUT2D eigenvalue weighted by molar-refractivity contribution is 7.92. The highest BCUT2D eigenvalue weighted by atomic mass is 32.2. The summed E-state index contributed by atoms with van der Waals surface area (Å²) in [6.45, 7) is 1.01. The zero-order valence-electron chi connectivity index (χ0n) is 17.3. The predicted octanol–water partition coefficient (Wildman–Crippen LogP) is 3.25. The highest BCUT2D eigenvalue weighted by Crippen LogP contribution is 2.28. The zero-order chi connectivity index (χ0) is 21.6. The van der Waals surface area contributed by atoms with Crippen molar-refractivity contribution in [2.45, 2.75) is 6.42 Å². The summed E-state index contributed by atoms with van der Waals surface area (Å²) in [5.74, 6) is -0.323. The van der Waals surface area contributed by atoms with Gasteiger partial charge in [-0.05, 0) is 30.0 Å². The number of nitrogens with one attached hydrogen (secondary N) is 1. The Morgan fingerprint density at radius 3 is 2.33 bits per heavy atom. The molecule has 0 spiro atoms. The van der Waals surface area contributed by atoms with Crippen molar-refractivity contribution < 1.29 is 13.2 Å². The molecule has 1 amide bonds. The van der Waals surface area contributed by atoms with Gasteiger partial charge in [-0.3, -0.25) is 9.10 Å². The lowest BCUT2D eigenvalue weighted by Gasteiger charge is -2.23. The fourth-order valence-corrected chi connectivity index (χ4v) is 4.22. The predicted molar refractivity (Wildman–Crippen MR) is 123 cm³/mol. The number of nitrogens with zero attached hydrogens (tertiary/aromatic N) is 2. The van der Waals surface area contributed by atoms with Gasteiger partial charge in [0, 0.05) is 31.2 Å². The van der Waals surface area contributed by atoms with Crippen molar-refractivity contribution in [1.82, 2.24) is 5.32 Å². The summed E-state index contributed by atoms with van der Waals surface area (Å²) in [5, 5.41) is 4.56. The number of rotatable bonds is 9. The van der Waals surface area contributed by atoms with E-state index < -0.39 is 10.0 Å². The number of hydrogen-bond donors (Lipinski definition) is 1. The van der Waals surface area contributed by atoms with Gasteiger partial charge < -0.3 is 10.2 Å². The van der Waals surface area contributed by atoms with Gasteiger partial charge in [0.15, 0.2) is 0 Å². The molecular weight excluding hydrogens is 398 g/mol. The molecule has 3 aromatic rings. The van der Waals surface area contributed by atoms with E-state index in [1.54, 1.807) is 12.1 Å². The van der Waals surface area contributed by atoms with Gasteiger partial charge in [-0.25, -0.2) is 8.42 Å². The molecule has 0 heterocycles. The van der Waals surface area contributed by atoms with Gasteiger partial charge in [-0.15, -0.1) is 0 Å². The molecule has 0 saturated heterocycles. The van der Waals surface area contributed by atoms with Crippen LogP contribution in [0, 0.1) is 0 Å². The van der Waals surface area contributed by atoms with Crippen molar-refractivity contribution in [3.8, 4) is 0 Å². The molecule has 0 aliphatic carbocycles. The summed E-state index contributed by atoms with van der Waals surface area (Å²) in [5.41, 5.74) is 1.62. The average Bonchev–Trinajstić information content (AvgIpc) is 2.74. The lowest BCUT2D eigenvalue weighted by Crippen LogP contribution is -2.41. The Hall–Kier alpha value is -3.06. The van der Waals surface area contributed by atoms with Crippen LogP contribution in [0.3, 0.4) is 0 Å². The standard InChI is InChI=1S/C23H27N3O3S/c1-25(20-12-4-3-5-13-20)17-9-16-24-23(27)18-26(30(2,28)29)22-15-8-11-19-10-6-7-14-21(19)22/h3-8,10-15H,9,16-18H2,1-2H3,(H,24,27). The molecule has 0 fully saturated rings. The minimum Gasteiger partial charge on any atom is -0.375 e. The molecule has 1 N–H and O–H groups in total. The van der Waals surface area contributed by atoms with Crippen LogP contribution in [-0.2, 0) is 14.8 Å². The summed E-state index contributed by atoms with van der Waals surface area (Å²) in [6.07, 6.45) is 1.88. The first-order chi connectivity index (χ1) is 14.4. The largest absolute Gasteiger partial charge is 0.375 e. The third-order valence-electron chi connectivity index (χ3n) is 4.91. The Kier molecular flexibility index (Phi) is 6.95. The first-order valence-electron chi connectivity index (χ1n) is 9.84. The SMILES string of the molecule is CN(CCCNC(=O)CN(c1cccc2ccccc12)S(C)(=O)=O)c1ccccc1. The van der Waals surface area contributed by atoms with Crippen LogP contribution >= 0.6 is 0 Å². The Bertz CT molecular complexity index is 1100. The van der Waals surface area contributed by atoms with Crippen LogP contribution in [0.4, 0.5) is 11.4 Å². The second-order valence-corrected chi connectivity index (χ2v) is 9.14. The number of fused-ring (bicyclic) bond motifs is 1. The van der Waals surface area contributed by atoms with Crippen molar-refractivity contribution in [3.05, 3.63) is 72.8 Å². The van der Waals surface area contributed by atoms with Crippen molar-refractivity contribution in [1.29, 1.82) is 0 Å². The Morgan fingerprint density at radius 1 is 0.933 bits per heavy atom. The van der Waals surface area contributed by atoms with E-state index in [9.17, 15) is 13.2 Å². The third kappa shape index (κ3) is 5.51. The fourth-order valence-electron chi connectivity index (χ4n) is 3.35. The second kappa shape index (κ2) is 9.63. The first-order valence-corrected chi connectivity index (χ1v) is 11.7. The van der Waals surface area contributed by atoms with Crippen LogP contribution in [0.25, 0.3) is 10.8 Å². The van der Waals surface area contributed by atoms with E-state index in [0.717, 1.165) is 35.7 Å². The van der Waals surface area contributed by atoms with Gasteiger partial charge in [0.1, 0.15) is 6.54 Å². The molecule has 3 rings (SSSR count). The van der Waals surface area contributed by atoms with E-state index in [1.807, 2.05) is 67.7 Å². The molecule has 30 heavy (non-hydrogen) atoms. The molecule has 0 atom stereocenters. The molecular formula is C23H27N3O3S. The topological polar surface area (TPSA) is 69.7 Å². The molecule has 158 valence electrons. The maximum absolute atomic E-state index is 12.5. The van der Waals surface area contributed by atoms with Crippen LogP contribution in [0.2, 0.25) is 0 Å². The maximum atomic E-state index is 12.5. The number of anilines is 2. The van der Waals surface area contributed by atoms with Crippen LogP contribution in [0.15, 0.2) is 72.8 Å². The molecule has 6 nitrogen and oxygen atoms in total. The Balaban J connectivity index is 1.61. The molecule has 3 aromatic carbocycles.